The van der Waals surface area contributed by atoms with E-state index in [0.29, 0.717) is 30.8 Å². The number of hydrogen-bond acceptors (Lipinski definition) is 6. The van der Waals surface area contributed by atoms with E-state index in [0.717, 1.165) is 30.8 Å². The van der Waals surface area contributed by atoms with E-state index in [9.17, 15) is 4.79 Å². The summed E-state index contributed by atoms with van der Waals surface area (Å²) in [6, 6.07) is 15.5. The van der Waals surface area contributed by atoms with Gasteiger partial charge in [0.2, 0.25) is 0 Å². The van der Waals surface area contributed by atoms with Crippen LogP contribution < -0.4 is 0 Å². The highest BCUT2D eigenvalue weighted by atomic mass is 16.7. The van der Waals surface area contributed by atoms with Crippen LogP contribution in [0, 0.1) is 11.3 Å². The van der Waals surface area contributed by atoms with Crippen molar-refractivity contribution in [1.82, 2.24) is 14.8 Å². The lowest BCUT2D eigenvalue weighted by molar-refractivity contribution is -0.123. The van der Waals surface area contributed by atoms with Crippen LogP contribution in [0.4, 0.5) is 0 Å². The molecule has 1 spiro atoms. The largest absolute Gasteiger partial charge is 0.387 e. The molecule has 1 saturated heterocycles. The molecule has 0 N–H and O–H groups in total. The van der Waals surface area contributed by atoms with Gasteiger partial charge < -0.3 is 9.74 Å². The summed E-state index contributed by atoms with van der Waals surface area (Å²) in [6.45, 7) is 2.78. The first-order valence-corrected chi connectivity index (χ1v) is 9.69. The predicted molar refractivity (Wildman–Crippen MR) is 108 cm³/mol. The van der Waals surface area contributed by atoms with Gasteiger partial charge in [-0.15, -0.1) is 0 Å². The zero-order chi connectivity index (χ0) is 20.3. The van der Waals surface area contributed by atoms with E-state index in [4.69, 9.17) is 10.1 Å². The molecular formula is C22H23N5O2. The number of nitrogens with zero attached hydrogens (tertiary/aromatic N) is 5. The van der Waals surface area contributed by atoms with Gasteiger partial charge in [-0.05, 0) is 29.8 Å². The maximum atomic E-state index is 12.8. The maximum absolute atomic E-state index is 12.8. The Labute approximate surface area is 170 Å². The molecule has 1 aromatic carbocycles. The number of hydrogen-bond donors (Lipinski definition) is 0. The number of carbonyl (C=O) groups excluding carboxylic acids is 1. The molecule has 148 valence electrons. The van der Waals surface area contributed by atoms with Crippen molar-refractivity contribution in [3.63, 3.8) is 0 Å². The summed E-state index contributed by atoms with van der Waals surface area (Å²) in [5, 5.41) is 13.2. The van der Waals surface area contributed by atoms with Gasteiger partial charge in [0.25, 0.3) is 5.91 Å². The van der Waals surface area contributed by atoms with Crippen molar-refractivity contribution in [1.29, 1.82) is 5.26 Å². The highest BCUT2D eigenvalue weighted by Gasteiger charge is 2.46. The lowest BCUT2D eigenvalue weighted by Crippen LogP contribution is -2.37. The molecule has 3 heterocycles. The number of pyridine rings is 1. The molecule has 1 aromatic heterocycles. The summed E-state index contributed by atoms with van der Waals surface area (Å²) < 4.78 is 0. The van der Waals surface area contributed by atoms with Crippen LogP contribution in [-0.2, 0) is 22.7 Å². The summed E-state index contributed by atoms with van der Waals surface area (Å²) in [5.41, 5.74) is 2.65. The molecule has 1 atom stereocenters. The first-order valence-electron chi connectivity index (χ1n) is 9.69. The Morgan fingerprint density at radius 2 is 2.24 bits per heavy atom. The van der Waals surface area contributed by atoms with Crippen molar-refractivity contribution < 1.29 is 9.63 Å². The van der Waals surface area contributed by atoms with Gasteiger partial charge in [0.05, 0.1) is 23.9 Å². The lowest BCUT2D eigenvalue weighted by atomic mass is 9.96. The summed E-state index contributed by atoms with van der Waals surface area (Å²) >= 11 is 0. The summed E-state index contributed by atoms with van der Waals surface area (Å²) in [5.74, 6) is -0.118. The third-order valence-electron chi connectivity index (χ3n) is 5.42. The van der Waals surface area contributed by atoms with E-state index in [1.54, 1.807) is 18.1 Å². The van der Waals surface area contributed by atoms with Gasteiger partial charge in [-0.2, -0.15) is 5.26 Å². The Kier molecular flexibility index (Phi) is 5.28. The molecule has 1 amide bonds. The molecule has 0 unspecified atom stereocenters. The van der Waals surface area contributed by atoms with Gasteiger partial charge in [0, 0.05) is 45.7 Å². The fourth-order valence-electron chi connectivity index (χ4n) is 3.94. The molecule has 0 aliphatic carbocycles. The second-order valence-electron chi connectivity index (χ2n) is 7.74. The molecule has 4 rings (SSSR count). The van der Waals surface area contributed by atoms with Gasteiger partial charge in [-0.1, -0.05) is 23.4 Å². The minimum atomic E-state index is -0.427. The van der Waals surface area contributed by atoms with Crippen LogP contribution in [-0.4, -0.2) is 52.1 Å². The molecule has 0 radical (unpaired) electrons. The molecular weight excluding hydrogens is 366 g/mol. The first kappa shape index (κ1) is 19.1. The van der Waals surface area contributed by atoms with E-state index in [1.807, 2.05) is 42.5 Å². The van der Waals surface area contributed by atoms with Crippen LogP contribution in [0.3, 0.4) is 0 Å². The molecule has 7 nitrogen and oxygen atoms in total. The highest BCUT2D eigenvalue weighted by molar-refractivity contribution is 6.39. The van der Waals surface area contributed by atoms with Gasteiger partial charge in [-0.25, -0.2) is 0 Å². The Morgan fingerprint density at radius 3 is 3.03 bits per heavy atom. The van der Waals surface area contributed by atoms with Gasteiger partial charge >= 0.3 is 0 Å². The quantitative estimate of drug-likeness (QED) is 0.784. The van der Waals surface area contributed by atoms with Crippen molar-refractivity contribution in [2.75, 3.05) is 20.1 Å². The fraction of sp³-hybridized carbons (Fsp3) is 0.364. The van der Waals surface area contributed by atoms with Crippen LogP contribution in [0.25, 0.3) is 0 Å². The molecule has 2 aliphatic rings. The van der Waals surface area contributed by atoms with E-state index in [-0.39, 0.29) is 5.91 Å². The van der Waals surface area contributed by atoms with Crippen LogP contribution >= 0.6 is 0 Å². The molecule has 2 aliphatic heterocycles. The zero-order valence-corrected chi connectivity index (χ0v) is 16.4. The third kappa shape index (κ3) is 4.28. The SMILES string of the molecule is CN(Cc1ccccn1)C(=O)C1=NO[C@]2(CCN(Cc3cccc(C#N)c3)C2)C1. The topological polar surface area (TPSA) is 81.8 Å². The number of nitriles is 1. The Morgan fingerprint density at radius 1 is 1.34 bits per heavy atom. The van der Waals surface area contributed by atoms with E-state index < -0.39 is 5.60 Å². The molecule has 0 bridgehead atoms. The molecule has 1 fully saturated rings. The Bertz CT molecular complexity index is 969. The summed E-state index contributed by atoms with van der Waals surface area (Å²) in [4.78, 5) is 26.7. The van der Waals surface area contributed by atoms with Crippen LogP contribution in [0.2, 0.25) is 0 Å². The number of likely N-dealkylation sites (tertiary alicyclic amines) is 1. The standard InChI is InChI=1S/C22H23N5O2/c1-26(15-19-7-2-3-9-24-19)21(28)20-12-22(29-25-20)8-10-27(16-22)14-18-6-4-5-17(11-18)13-23/h2-7,9,11H,8,10,12,14-16H2,1H3/t22-/m1/s1. The monoisotopic (exact) mass is 389 g/mol. The number of benzene rings is 1. The minimum Gasteiger partial charge on any atom is -0.387 e. The number of amides is 1. The molecule has 0 saturated carbocycles. The maximum Gasteiger partial charge on any atom is 0.271 e. The van der Waals surface area contributed by atoms with Gasteiger partial charge in [-0.3, -0.25) is 14.7 Å². The van der Waals surface area contributed by atoms with Crippen molar-refractivity contribution >= 4 is 11.6 Å². The fourth-order valence-corrected chi connectivity index (χ4v) is 3.94. The Hall–Kier alpha value is -3.24. The van der Waals surface area contributed by atoms with Gasteiger partial charge in [0.15, 0.2) is 5.60 Å². The second-order valence-corrected chi connectivity index (χ2v) is 7.74. The second kappa shape index (κ2) is 8.02. The molecule has 7 heteroatoms. The summed E-state index contributed by atoms with van der Waals surface area (Å²) in [7, 11) is 1.76. The number of carbonyl (C=O) groups is 1. The van der Waals surface area contributed by atoms with Crippen molar-refractivity contribution in [2.24, 2.45) is 5.16 Å². The van der Waals surface area contributed by atoms with Crippen molar-refractivity contribution in [2.45, 2.75) is 31.5 Å². The first-order chi connectivity index (χ1) is 14.1. The van der Waals surface area contributed by atoms with E-state index >= 15 is 0 Å². The van der Waals surface area contributed by atoms with Crippen LogP contribution in [0.5, 0.6) is 0 Å². The molecule has 29 heavy (non-hydrogen) atoms. The van der Waals surface area contributed by atoms with E-state index in [2.05, 4.69) is 21.1 Å². The lowest BCUT2D eigenvalue weighted by Gasteiger charge is -2.22. The van der Waals surface area contributed by atoms with Crippen LogP contribution in [0.1, 0.15) is 29.7 Å². The van der Waals surface area contributed by atoms with E-state index in [1.165, 1.54) is 0 Å². The van der Waals surface area contributed by atoms with Crippen molar-refractivity contribution in [3.8, 4) is 6.07 Å². The minimum absolute atomic E-state index is 0.118. The smallest absolute Gasteiger partial charge is 0.271 e. The number of aromatic nitrogens is 1. The average Bonchev–Trinajstić information content (AvgIpc) is 3.34. The predicted octanol–water partition coefficient (Wildman–Crippen LogP) is 2.33. The van der Waals surface area contributed by atoms with Crippen LogP contribution in [0.15, 0.2) is 53.8 Å². The third-order valence-corrected chi connectivity index (χ3v) is 5.42. The van der Waals surface area contributed by atoms with Gasteiger partial charge in [0.1, 0.15) is 5.71 Å². The van der Waals surface area contributed by atoms with Crippen molar-refractivity contribution in [3.05, 3.63) is 65.5 Å². The average molecular weight is 389 g/mol. The normalized spacial score (nSPS) is 20.9. The highest BCUT2D eigenvalue weighted by Crippen LogP contribution is 2.35. The number of oxime groups is 1. The Balaban J connectivity index is 1.34. The zero-order valence-electron chi connectivity index (χ0n) is 16.4. The molecule has 2 aromatic rings. The number of rotatable bonds is 5. The summed E-state index contributed by atoms with van der Waals surface area (Å²) in [6.07, 6.45) is 3.07.